The number of aryl methyl sites for hydroxylation is 4. The number of benzene rings is 2. The average molecular weight is 359 g/mol. The van der Waals surface area contributed by atoms with E-state index in [0.29, 0.717) is 16.7 Å². The third-order valence-electron chi connectivity index (χ3n) is 5.16. The van der Waals surface area contributed by atoms with Gasteiger partial charge in [-0.15, -0.1) is 0 Å². The Morgan fingerprint density at radius 2 is 1.85 bits per heavy atom. The van der Waals surface area contributed by atoms with Gasteiger partial charge in [0.1, 0.15) is 7.05 Å². The highest BCUT2D eigenvalue weighted by atomic mass is 16.3. The molecule has 0 aliphatic carbocycles. The zero-order valence-electron chi connectivity index (χ0n) is 21.0. The van der Waals surface area contributed by atoms with Crippen molar-refractivity contribution in [1.29, 1.82) is 0 Å². The van der Waals surface area contributed by atoms with E-state index in [1.165, 1.54) is 6.07 Å². The highest BCUT2D eigenvalue weighted by molar-refractivity contribution is 6.22. The monoisotopic (exact) mass is 359 g/mol. The molecule has 0 fully saturated rings. The van der Waals surface area contributed by atoms with Crippen LogP contribution in [0, 0.1) is 20.6 Å². The van der Waals surface area contributed by atoms with Crippen LogP contribution in [-0.4, -0.2) is 4.98 Å². The molecular weight excluding hydrogens is 332 g/mol. The molecule has 3 aromatic heterocycles. The van der Waals surface area contributed by atoms with Crippen LogP contribution in [0.1, 0.15) is 25.0 Å². The molecule has 0 saturated heterocycles. The molecule has 3 nitrogen and oxygen atoms in total. The van der Waals surface area contributed by atoms with Gasteiger partial charge in [0.25, 0.3) is 0 Å². The third kappa shape index (κ3) is 2.28. The minimum absolute atomic E-state index is 0.0356. The number of pyridine rings is 2. The quantitative estimate of drug-likeness (QED) is 0.367. The topological polar surface area (TPSA) is 29.9 Å². The summed E-state index contributed by atoms with van der Waals surface area (Å²) >= 11 is 0. The zero-order chi connectivity index (χ0) is 23.7. The first-order valence-corrected chi connectivity index (χ1v) is 8.72. The molecule has 0 spiro atoms. The minimum atomic E-state index is -2.35. The first-order valence-electron chi connectivity index (χ1n) is 11.7. The lowest BCUT2D eigenvalue weighted by atomic mass is 9.93. The number of aromatic nitrogens is 2. The molecule has 0 atom stereocenters. The summed E-state index contributed by atoms with van der Waals surface area (Å²) < 4.78 is 54.8. The van der Waals surface area contributed by atoms with Crippen LogP contribution in [0.2, 0.25) is 0 Å². The fourth-order valence-corrected chi connectivity index (χ4v) is 3.88. The maximum atomic E-state index is 7.86. The van der Waals surface area contributed by atoms with Crippen LogP contribution in [0.15, 0.2) is 59.1 Å². The van der Waals surface area contributed by atoms with Crippen molar-refractivity contribution in [2.75, 3.05) is 0 Å². The van der Waals surface area contributed by atoms with Crippen molar-refractivity contribution in [3.05, 3.63) is 71.5 Å². The van der Waals surface area contributed by atoms with Gasteiger partial charge in [0.2, 0.25) is 11.4 Å². The molecule has 0 amide bonds. The van der Waals surface area contributed by atoms with Gasteiger partial charge in [0.05, 0.1) is 5.56 Å². The Morgan fingerprint density at radius 3 is 2.67 bits per heavy atom. The molecule has 0 N–H and O–H groups in total. The molecular formula is C24H21N2O+. The second-order valence-electron chi connectivity index (χ2n) is 6.81. The van der Waals surface area contributed by atoms with Crippen molar-refractivity contribution in [2.24, 2.45) is 7.05 Å². The summed E-state index contributed by atoms with van der Waals surface area (Å²) in [4.78, 5) is 4.31. The number of rotatable bonds is 1. The second-order valence-corrected chi connectivity index (χ2v) is 6.81. The number of nitrogens with zero attached hydrogens (tertiary/aromatic N) is 2. The Hall–Kier alpha value is -3.20. The Kier molecular flexibility index (Phi) is 2.27. The van der Waals surface area contributed by atoms with E-state index in [0.717, 1.165) is 27.3 Å². The van der Waals surface area contributed by atoms with Gasteiger partial charge in [-0.3, -0.25) is 0 Å². The van der Waals surface area contributed by atoms with Crippen molar-refractivity contribution in [1.82, 2.24) is 4.98 Å². The molecule has 3 heteroatoms. The highest BCUT2D eigenvalue weighted by Crippen LogP contribution is 2.42. The summed E-state index contributed by atoms with van der Waals surface area (Å²) in [5.74, 6) is 0. The normalized spacial score (nSPS) is 15.9. The summed E-state index contributed by atoms with van der Waals surface area (Å²) in [6, 6.07) is 14.4. The Morgan fingerprint density at radius 1 is 1.00 bits per heavy atom. The molecule has 3 heterocycles. The van der Waals surface area contributed by atoms with Crippen LogP contribution >= 0.6 is 0 Å². The molecule has 5 aromatic rings. The first kappa shape index (κ1) is 10.8. The van der Waals surface area contributed by atoms with Crippen LogP contribution in [-0.2, 0) is 7.05 Å². The Bertz CT molecular complexity index is 1560. The minimum Gasteiger partial charge on any atom is -0.437 e. The van der Waals surface area contributed by atoms with Gasteiger partial charge in [-0.25, -0.2) is 9.55 Å². The third-order valence-corrected chi connectivity index (χ3v) is 5.16. The number of hydrogen-bond donors (Lipinski definition) is 0. The number of fused-ring (bicyclic) bond motifs is 5. The lowest BCUT2D eigenvalue weighted by Gasteiger charge is -2.10. The summed E-state index contributed by atoms with van der Waals surface area (Å²) in [6.07, 6.45) is 1.73. The lowest BCUT2D eigenvalue weighted by molar-refractivity contribution is -0.660. The van der Waals surface area contributed by atoms with Crippen LogP contribution in [0.4, 0.5) is 0 Å². The molecule has 2 aromatic carbocycles. The van der Waals surface area contributed by atoms with E-state index in [2.05, 4.69) is 4.98 Å². The molecule has 0 aliphatic rings. The van der Waals surface area contributed by atoms with E-state index in [-0.39, 0.29) is 17.0 Å². The van der Waals surface area contributed by atoms with Gasteiger partial charge in [0, 0.05) is 36.8 Å². The van der Waals surface area contributed by atoms with Crippen LogP contribution in [0.5, 0.6) is 0 Å². The van der Waals surface area contributed by atoms with E-state index >= 15 is 0 Å². The highest BCUT2D eigenvalue weighted by Gasteiger charge is 2.24. The van der Waals surface area contributed by atoms with Gasteiger partial charge in [-0.05, 0) is 54.7 Å². The predicted molar refractivity (Wildman–Crippen MR) is 110 cm³/mol. The summed E-state index contributed by atoms with van der Waals surface area (Å²) in [5, 5.41) is 3.50. The molecule has 0 saturated carbocycles. The predicted octanol–water partition coefficient (Wildman–Crippen LogP) is 5.55. The van der Waals surface area contributed by atoms with E-state index < -0.39 is 13.7 Å². The second kappa shape index (κ2) is 5.65. The van der Waals surface area contributed by atoms with Crippen LogP contribution in [0.3, 0.4) is 0 Å². The first-order chi connectivity index (χ1) is 15.5. The van der Waals surface area contributed by atoms with E-state index in [9.17, 15) is 0 Å². The zero-order valence-corrected chi connectivity index (χ0v) is 15.0. The van der Waals surface area contributed by atoms with Gasteiger partial charge < -0.3 is 4.42 Å². The van der Waals surface area contributed by atoms with Gasteiger partial charge >= 0.3 is 0 Å². The molecule has 0 bridgehead atoms. The molecule has 0 aliphatic heterocycles. The van der Waals surface area contributed by atoms with Crippen molar-refractivity contribution in [3.63, 3.8) is 0 Å². The van der Waals surface area contributed by atoms with Gasteiger partial charge in [0.15, 0.2) is 11.8 Å². The van der Waals surface area contributed by atoms with Crippen molar-refractivity contribution in [3.8, 4) is 11.3 Å². The van der Waals surface area contributed by atoms with E-state index in [1.807, 2.05) is 42.8 Å². The molecule has 27 heavy (non-hydrogen) atoms. The SMILES string of the molecule is [2H]C([2H])([2H])c1cc[n+](C)c(-c2c(C)c3ccccc3c3c2oc2nc(C([2H])([2H])[2H])ccc23)c1. The number of furan rings is 1. The van der Waals surface area contributed by atoms with Crippen molar-refractivity contribution in [2.45, 2.75) is 20.6 Å². The smallest absolute Gasteiger partial charge is 0.227 e. The standard InChI is InChI=1S/C24H21N2O/c1-14-11-12-26(4)20(13-14)21-16(3)17-7-5-6-8-18(17)22-19-10-9-15(2)25-24(19)27-23(21)22/h5-13H,1-4H3/q+1/i1D3,2D3. The molecule has 132 valence electrons. The molecule has 5 rings (SSSR count). The summed E-state index contributed by atoms with van der Waals surface area (Å²) in [7, 11) is 1.85. The summed E-state index contributed by atoms with van der Waals surface area (Å²) in [6.45, 7) is -2.63. The van der Waals surface area contributed by atoms with Gasteiger partial charge in [-0.1, -0.05) is 24.3 Å². The van der Waals surface area contributed by atoms with Crippen LogP contribution in [0.25, 0.3) is 44.1 Å². The molecule has 0 unspecified atom stereocenters. The Labute approximate surface area is 166 Å². The van der Waals surface area contributed by atoms with E-state index in [1.54, 1.807) is 24.4 Å². The fourth-order valence-electron chi connectivity index (χ4n) is 3.88. The van der Waals surface area contributed by atoms with E-state index in [4.69, 9.17) is 12.6 Å². The lowest BCUT2D eigenvalue weighted by Crippen LogP contribution is -2.30. The van der Waals surface area contributed by atoms with Gasteiger partial charge in [-0.2, -0.15) is 0 Å². The Balaban J connectivity index is 1.96. The number of hydrogen-bond acceptors (Lipinski definition) is 2. The largest absolute Gasteiger partial charge is 0.437 e. The van der Waals surface area contributed by atoms with Crippen molar-refractivity contribution >= 4 is 32.8 Å². The van der Waals surface area contributed by atoms with Crippen molar-refractivity contribution < 1.29 is 17.2 Å². The average Bonchev–Trinajstić information content (AvgIpc) is 3.12. The maximum Gasteiger partial charge on any atom is 0.227 e. The fraction of sp³-hybridized carbons (Fsp3) is 0.167. The van der Waals surface area contributed by atoms with Crippen LogP contribution < -0.4 is 4.57 Å². The molecule has 0 radical (unpaired) electrons. The maximum absolute atomic E-state index is 7.86. The summed E-state index contributed by atoms with van der Waals surface area (Å²) in [5.41, 5.74) is 3.37.